The third-order valence-corrected chi connectivity index (χ3v) is 2.23. The fourth-order valence-corrected chi connectivity index (χ4v) is 1.47. The lowest BCUT2D eigenvalue weighted by Crippen LogP contribution is -2.13. The van der Waals surface area contributed by atoms with E-state index in [1.165, 1.54) is 0 Å². The Hall–Kier alpha value is -2.12. The Balaban J connectivity index is 2.51. The maximum Gasteiger partial charge on any atom is 0.433 e. The van der Waals surface area contributed by atoms with Crippen LogP contribution in [0.3, 0.4) is 0 Å². The van der Waals surface area contributed by atoms with Crippen LogP contribution in [0.5, 0.6) is 5.88 Å². The van der Waals surface area contributed by atoms with E-state index >= 15 is 0 Å². The summed E-state index contributed by atoms with van der Waals surface area (Å²) in [5.41, 5.74) is -1.01. The smallest absolute Gasteiger partial charge is 0.433 e. The Bertz CT molecular complexity index is 562. The van der Waals surface area contributed by atoms with Crippen molar-refractivity contribution in [3.05, 3.63) is 36.0 Å². The molecule has 19 heavy (non-hydrogen) atoms. The van der Waals surface area contributed by atoms with Gasteiger partial charge in [-0.15, -0.1) is 5.10 Å². The summed E-state index contributed by atoms with van der Waals surface area (Å²) in [6, 6.07) is 2.89. The van der Waals surface area contributed by atoms with Gasteiger partial charge in [0.15, 0.2) is 5.69 Å². The average Bonchev–Trinajstić information content (AvgIpc) is 2.74. The zero-order chi connectivity index (χ0) is 14.0. The van der Waals surface area contributed by atoms with E-state index in [4.69, 9.17) is 4.74 Å². The molecular weight excluding hydrogens is 266 g/mol. The van der Waals surface area contributed by atoms with E-state index in [0.717, 1.165) is 24.4 Å². The first-order valence-corrected chi connectivity index (χ1v) is 5.34. The fraction of sp³-hybridized carbons (Fsp3) is 0.273. The molecule has 0 saturated carbocycles. The highest BCUT2D eigenvalue weighted by atomic mass is 19.4. The van der Waals surface area contributed by atoms with Gasteiger partial charge >= 0.3 is 6.18 Å². The predicted molar refractivity (Wildman–Crippen MR) is 57.5 cm³/mol. The van der Waals surface area contributed by atoms with Crippen molar-refractivity contribution in [2.45, 2.75) is 13.1 Å². The van der Waals surface area contributed by atoms with Crippen LogP contribution in [0.4, 0.5) is 17.6 Å². The van der Waals surface area contributed by atoms with Crippen molar-refractivity contribution < 1.29 is 22.3 Å². The number of ether oxygens (including phenoxy) is 1. The maximum absolute atomic E-state index is 12.9. The van der Waals surface area contributed by atoms with Crippen LogP contribution < -0.4 is 4.74 Å². The SMILES string of the molecule is CCOc1cc(C(F)(F)F)n(-c2ccc(F)nc2)n1. The first-order chi connectivity index (χ1) is 8.91. The van der Waals surface area contributed by atoms with Crippen molar-refractivity contribution in [1.29, 1.82) is 0 Å². The standard InChI is InChI=1S/C11H9F4N3O/c1-2-19-10-5-8(11(13,14)15)18(17-10)7-3-4-9(12)16-6-7/h3-6H,2H2,1H3. The number of alkyl halides is 3. The first kappa shape index (κ1) is 13.3. The van der Waals surface area contributed by atoms with Gasteiger partial charge in [0.2, 0.25) is 11.8 Å². The molecule has 0 atom stereocenters. The summed E-state index contributed by atoms with van der Waals surface area (Å²) in [7, 11) is 0. The van der Waals surface area contributed by atoms with E-state index in [1.54, 1.807) is 6.92 Å². The zero-order valence-electron chi connectivity index (χ0n) is 9.78. The highest BCUT2D eigenvalue weighted by Crippen LogP contribution is 2.33. The van der Waals surface area contributed by atoms with Crippen molar-refractivity contribution in [2.75, 3.05) is 6.61 Å². The van der Waals surface area contributed by atoms with Crippen molar-refractivity contribution in [2.24, 2.45) is 0 Å². The molecule has 102 valence electrons. The third-order valence-electron chi connectivity index (χ3n) is 2.23. The summed E-state index contributed by atoms with van der Waals surface area (Å²) in [5, 5.41) is 3.68. The van der Waals surface area contributed by atoms with Crippen LogP contribution in [0.1, 0.15) is 12.6 Å². The van der Waals surface area contributed by atoms with Crippen LogP contribution in [-0.4, -0.2) is 21.4 Å². The second-order valence-corrected chi connectivity index (χ2v) is 3.55. The van der Waals surface area contributed by atoms with E-state index in [9.17, 15) is 17.6 Å². The van der Waals surface area contributed by atoms with Gasteiger partial charge in [0.05, 0.1) is 18.5 Å². The lowest BCUT2D eigenvalue weighted by atomic mass is 10.3. The molecule has 2 rings (SSSR count). The van der Waals surface area contributed by atoms with Gasteiger partial charge < -0.3 is 4.74 Å². The Morgan fingerprint density at radius 1 is 1.32 bits per heavy atom. The summed E-state index contributed by atoms with van der Waals surface area (Å²) in [4.78, 5) is 3.30. The highest BCUT2D eigenvalue weighted by Gasteiger charge is 2.36. The van der Waals surface area contributed by atoms with Crippen LogP contribution in [0, 0.1) is 5.95 Å². The van der Waals surface area contributed by atoms with Gasteiger partial charge in [0.25, 0.3) is 0 Å². The number of hydrogen-bond donors (Lipinski definition) is 0. The van der Waals surface area contributed by atoms with Gasteiger partial charge in [0.1, 0.15) is 0 Å². The number of aromatic nitrogens is 3. The lowest BCUT2D eigenvalue weighted by molar-refractivity contribution is -0.142. The molecule has 4 nitrogen and oxygen atoms in total. The average molecular weight is 275 g/mol. The van der Waals surface area contributed by atoms with E-state index < -0.39 is 17.8 Å². The highest BCUT2D eigenvalue weighted by molar-refractivity contribution is 5.33. The molecule has 0 N–H and O–H groups in total. The molecule has 0 unspecified atom stereocenters. The fourth-order valence-electron chi connectivity index (χ4n) is 1.47. The molecule has 0 spiro atoms. The number of pyridine rings is 1. The van der Waals surface area contributed by atoms with Crippen molar-refractivity contribution in [1.82, 2.24) is 14.8 Å². The quantitative estimate of drug-likeness (QED) is 0.638. The van der Waals surface area contributed by atoms with E-state index in [2.05, 4.69) is 10.1 Å². The van der Waals surface area contributed by atoms with Crippen LogP contribution in [0.25, 0.3) is 5.69 Å². The minimum atomic E-state index is -4.60. The molecule has 0 saturated heterocycles. The van der Waals surface area contributed by atoms with Gasteiger partial charge in [-0.2, -0.15) is 17.6 Å². The van der Waals surface area contributed by atoms with Crippen molar-refractivity contribution >= 4 is 0 Å². The lowest BCUT2D eigenvalue weighted by Gasteiger charge is -2.09. The van der Waals surface area contributed by atoms with Crippen molar-refractivity contribution in [3.8, 4) is 11.6 Å². The second-order valence-electron chi connectivity index (χ2n) is 3.55. The minimum absolute atomic E-state index is 0.000298. The van der Waals surface area contributed by atoms with Crippen LogP contribution in [0.15, 0.2) is 24.4 Å². The summed E-state index contributed by atoms with van der Waals surface area (Å²) >= 11 is 0. The first-order valence-electron chi connectivity index (χ1n) is 5.34. The molecule has 0 aliphatic rings. The largest absolute Gasteiger partial charge is 0.477 e. The summed E-state index contributed by atoms with van der Waals surface area (Å²) in [6.45, 7) is 1.82. The van der Waals surface area contributed by atoms with Gasteiger partial charge in [-0.05, 0) is 19.1 Å². The molecule has 0 aliphatic heterocycles. The summed E-state index contributed by atoms with van der Waals surface area (Å²) in [6.07, 6.45) is -3.63. The van der Waals surface area contributed by atoms with E-state index in [0.29, 0.717) is 4.68 Å². The number of nitrogens with zero attached hydrogens (tertiary/aromatic N) is 3. The second kappa shape index (κ2) is 4.87. The molecule has 0 bridgehead atoms. The van der Waals surface area contributed by atoms with Gasteiger partial charge in [0, 0.05) is 6.07 Å². The minimum Gasteiger partial charge on any atom is -0.477 e. The third kappa shape index (κ3) is 2.83. The Kier molecular flexibility index (Phi) is 3.41. The summed E-state index contributed by atoms with van der Waals surface area (Å²) in [5.74, 6) is -0.936. The number of rotatable bonds is 3. The Morgan fingerprint density at radius 3 is 2.58 bits per heavy atom. The molecule has 0 fully saturated rings. The molecule has 0 amide bonds. The molecule has 0 aliphatic carbocycles. The maximum atomic E-state index is 12.9. The summed E-state index contributed by atoms with van der Waals surface area (Å²) < 4.78 is 56.8. The Labute approximate surface area is 105 Å². The van der Waals surface area contributed by atoms with Crippen molar-refractivity contribution in [3.63, 3.8) is 0 Å². The topological polar surface area (TPSA) is 39.9 Å². The number of halogens is 4. The van der Waals surface area contributed by atoms with Crippen LogP contribution >= 0.6 is 0 Å². The molecule has 2 aromatic rings. The zero-order valence-corrected chi connectivity index (χ0v) is 9.78. The predicted octanol–water partition coefficient (Wildman–Crippen LogP) is 2.82. The van der Waals surface area contributed by atoms with Gasteiger partial charge in [-0.1, -0.05) is 0 Å². The van der Waals surface area contributed by atoms with Crippen LogP contribution in [0.2, 0.25) is 0 Å². The van der Waals surface area contributed by atoms with Gasteiger partial charge in [-0.25, -0.2) is 9.67 Å². The molecular formula is C11H9F4N3O. The number of hydrogen-bond acceptors (Lipinski definition) is 3. The molecule has 2 aromatic heterocycles. The van der Waals surface area contributed by atoms with Gasteiger partial charge in [-0.3, -0.25) is 0 Å². The molecule has 8 heteroatoms. The van der Waals surface area contributed by atoms with Crippen LogP contribution in [-0.2, 0) is 6.18 Å². The monoisotopic (exact) mass is 275 g/mol. The van der Waals surface area contributed by atoms with E-state index in [-0.39, 0.29) is 18.2 Å². The normalized spacial score (nSPS) is 11.6. The van der Waals surface area contributed by atoms with E-state index in [1.807, 2.05) is 0 Å². The molecule has 0 radical (unpaired) electrons. The molecule has 2 heterocycles. The molecule has 0 aromatic carbocycles. The Morgan fingerprint density at radius 2 is 2.05 bits per heavy atom.